The Morgan fingerprint density at radius 2 is 2.38 bits per heavy atom. The Bertz CT molecular complexity index is 642. The minimum atomic E-state index is -0.205. The molecule has 1 N–H and O–H groups in total. The highest BCUT2D eigenvalue weighted by Crippen LogP contribution is 2.31. The highest BCUT2D eigenvalue weighted by molar-refractivity contribution is 7.98. The van der Waals surface area contributed by atoms with Crippen LogP contribution < -0.4 is 5.32 Å². The zero-order chi connectivity index (χ0) is 14.8. The van der Waals surface area contributed by atoms with Crippen molar-refractivity contribution in [1.29, 1.82) is 0 Å². The van der Waals surface area contributed by atoms with Gasteiger partial charge in [-0.05, 0) is 19.1 Å². The quantitative estimate of drug-likeness (QED) is 0.864. The zero-order valence-electron chi connectivity index (χ0n) is 11.6. The lowest BCUT2D eigenvalue weighted by atomic mass is 10.2. The van der Waals surface area contributed by atoms with Gasteiger partial charge in [-0.25, -0.2) is 4.79 Å². The monoisotopic (exact) mass is 326 g/mol. The smallest absolute Gasteiger partial charge is 0.324 e. The van der Waals surface area contributed by atoms with Crippen LogP contribution in [0.4, 0.5) is 9.93 Å². The number of aryl methyl sites for hydroxylation is 1. The molecule has 3 heterocycles. The molecule has 0 bridgehead atoms. The number of thioether (sulfide) groups is 1. The summed E-state index contributed by atoms with van der Waals surface area (Å²) in [5, 5.41) is 7.85. The van der Waals surface area contributed by atoms with Gasteiger partial charge in [0, 0.05) is 25.0 Å². The van der Waals surface area contributed by atoms with E-state index in [4.69, 9.17) is 4.52 Å². The standard InChI is InChI=1S/C11H14N6O2S2/c1-6-12-8(15-19-6)7-4-3-5-17(7)11(18)14-9-13-10(20-2)16-21-9/h7H,3-5H2,1-2H3,(H,13,14,16,18)/t7-/m0/s1. The van der Waals surface area contributed by atoms with E-state index in [1.54, 1.807) is 11.8 Å². The molecule has 2 aromatic heterocycles. The van der Waals surface area contributed by atoms with Gasteiger partial charge in [0.2, 0.25) is 16.2 Å². The molecule has 2 aromatic rings. The van der Waals surface area contributed by atoms with E-state index in [1.165, 1.54) is 23.3 Å². The summed E-state index contributed by atoms with van der Waals surface area (Å²) in [7, 11) is 0. The summed E-state index contributed by atoms with van der Waals surface area (Å²) in [6.45, 7) is 2.40. The number of rotatable bonds is 3. The summed E-state index contributed by atoms with van der Waals surface area (Å²) in [4.78, 5) is 22.5. The lowest BCUT2D eigenvalue weighted by molar-refractivity contribution is 0.204. The molecule has 0 radical (unpaired) electrons. The topological polar surface area (TPSA) is 97.0 Å². The zero-order valence-corrected chi connectivity index (χ0v) is 13.2. The first-order valence-corrected chi connectivity index (χ1v) is 8.42. The van der Waals surface area contributed by atoms with E-state index in [-0.39, 0.29) is 12.1 Å². The molecule has 112 valence electrons. The Morgan fingerprint density at radius 1 is 1.52 bits per heavy atom. The Kier molecular flexibility index (Phi) is 4.06. The number of hydrogen-bond donors (Lipinski definition) is 1. The Morgan fingerprint density at radius 3 is 3.05 bits per heavy atom. The molecule has 21 heavy (non-hydrogen) atoms. The van der Waals surface area contributed by atoms with Gasteiger partial charge in [-0.3, -0.25) is 5.32 Å². The second-order valence-corrected chi connectivity index (χ2v) is 6.06. The number of nitrogens with one attached hydrogen (secondary N) is 1. The molecule has 2 amide bonds. The van der Waals surface area contributed by atoms with Crippen molar-refractivity contribution in [3.8, 4) is 0 Å². The van der Waals surface area contributed by atoms with Crippen LogP contribution in [0.15, 0.2) is 9.68 Å². The molecule has 10 heteroatoms. The minimum Gasteiger partial charge on any atom is -0.340 e. The Hall–Kier alpha value is -1.68. The third kappa shape index (κ3) is 3.00. The second kappa shape index (κ2) is 5.98. The maximum Gasteiger partial charge on any atom is 0.324 e. The lowest BCUT2D eigenvalue weighted by Crippen LogP contribution is -2.34. The molecule has 0 aromatic carbocycles. The van der Waals surface area contributed by atoms with E-state index in [1.807, 2.05) is 6.26 Å². The number of carbonyl (C=O) groups excluding carboxylic acids is 1. The van der Waals surface area contributed by atoms with Crippen molar-refractivity contribution in [2.24, 2.45) is 0 Å². The molecule has 3 rings (SSSR count). The van der Waals surface area contributed by atoms with Crippen LogP contribution in [0.1, 0.15) is 30.6 Å². The molecular weight excluding hydrogens is 312 g/mol. The number of hydrogen-bond acceptors (Lipinski definition) is 8. The van der Waals surface area contributed by atoms with Crippen molar-refractivity contribution in [1.82, 2.24) is 24.4 Å². The van der Waals surface area contributed by atoms with Crippen LogP contribution >= 0.6 is 23.3 Å². The molecule has 0 spiro atoms. The maximum atomic E-state index is 12.4. The largest absolute Gasteiger partial charge is 0.340 e. The number of carbonyl (C=O) groups is 1. The van der Waals surface area contributed by atoms with Crippen molar-refractivity contribution in [2.75, 3.05) is 18.1 Å². The SMILES string of the molecule is CSc1nsc(NC(=O)N2CCC[C@H]2c2noc(C)n2)n1. The summed E-state index contributed by atoms with van der Waals surface area (Å²) in [6, 6.07) is -0.348. The first-order valence-electron chi connectivity index (χ1n) is 6.43. The highest BCUT2D eigenvalue weighted by atomic mass is 32.2. The van der Waals surface area contributed by atoms with Crippen LogP contribution in [0.5, 0.6) is 0 Å². The van der Waals surface area contributed by atoms with E-state index < -0.39 is 0 Å². The number of nitrogens with zero attached hydrogens (tertiary/aromatic N) is 5. The summed E-state index contributed by atoms with van der Waals surface area (Å²) in [5.74, 6) is 1.06. The van der Waals surface area contributed by atoms with Gasteiger partial charge in [0.25, 0.3) is 0 Å². The second-order valence-electron chi connectivity index (χ2n) is 4.54. The molecule has 0 aliphatic carbocycles. The highest BCUT2D eigenvalue weighted by Gasteiger charge is 2.33. The van der Waals surface area contributed by atoms with E-state index >= 15 is 0 Å². The van der Waals surface area contributed by atoms with Gasteiger partial charge in [0.15, 0.2) is 5.82 Å². The summed E-state index contributed by atoms with van der Waals surface area (Å²) in [5.41, 5.74) is 0. The van der Waals surface area contributed by atoms with E-state index in [2.05, 4.69) is 24.8 Å². The predicted molar refractivity (Wildman–Crippen MR) is 78.4 cm³/mol. The summed E-state index contributed by atoms with van der Waals surface area (Å²) < 4.78 is 9.11. The van der Waals surface area contributed by atoms with Gasteiger partial charge < -0.3 is 9.42 Å². The number of likely N-dealkylation sites (tertiary alicyclic amines) is 1. The number of aromatic nitrogens is 4. The van der Waals surface area contributed by atoms with Crippen LogP contribution in [0.3, 0.4) is 0 Å². The van der Waals surface area contributed by atoms with Crippen molar-refractivity contribution in [3.63, 3.8) is 0 Å². The van der Waals surface area contributed by atoms with Crippen LogP contribution in [-0.4, -0.2) is 43.2 Å². The van der Waals surface area contributed by atoms with E-state index in [9.17, 15) is 4.79 Å². The summed E-state index contributed by atoms with van der Waals surface area (Å²) >= 11 is 2.61. The van der Waals surface area contributed by atoms with Crippen LogP contribution in [-0.2, 0) is 0 Å². The third-order valence-electron chi connectivity index (χ3n) is 3.16. The molecule has 1 saturated heterocycles. The predicted octanol–water partition coefficient (Wildman–Crippen LogP) is 2.32. The molecule has 0 unspecified atom stereocenters. The van der Waals surface area contributed by atoms with Crippen LogP contribution in [0.2, 0.25) is 0 Å². The fourth-order valence-corrected chi connectivity index (χ4v) is 3.35. The van der Waals surface area contributed by atoms with Crippen molar-refractivity contribution >= 4 is 34.5 Å². The van der Waals surface area contributed by atoms with Crippen LogP contribution in [0, 0.1) is 6.92 Å². The molecular formula is C11H14N6O2S2. The Balaban J connectivity index is 1.71. The normalized spacial score (nSPS) is 18.2. The number of anilines is 1. The first-order chi connectivity index (χ1) is 10.2. The average Bonchev–Trinajstić information content (AvgIpc) is 3.17. The minimum absolute atomic E-state index is 0.143. The fourth-order valence-electron chi connectivity index (χ4n) is 2.24. The van der Waals surface area contributed by atoms with Gasteiger partial charge >= 0.3 is 6.03 Å². The van der Waals surface area contributed by atoms with Gasteiger partial charge in [-0.15, -0.1) is 0 Å². The van der Waals surface area contributed by atoms with Gasteiger partial charge in [-0.2, -0.15) is 14.3 Å². The molecule has 1 aliphatic rings. The van der Waals surface area contributed by atoms with E-state index in [0.29, 0.717) is 28.5 Å². The molecule has 1 aliphatic heterocycles. The lowest BCUT2D eigenvalue weighted by Gasteiger charge is -2.21. The van der Waals surface area contributed by atoms with Crippen molar-refractivity contribution < 1.29 is 9.32 Å². The Labute approximate surface area is 129 Å². The van der Waals surface area contributed by atoms with Gasteiger partial charge in [-0.1, -0.05) is 16.9 Å². The van der Waals surface area contributed by atoms with Gasteiger partial charge in [0.05, 0.1) is 6.04 Å². The first kappa shape index (κ1) is 14.3. The fraction of sp³-hybridized carbons (Fsp3) is 0.545. The molecule has 0 saturated carbocycles. The summed E-state index contributed by atoms with van der Waals surface area (Å²) in [6.07, 6.45) is 3.64. The average molecular weight is 326 g/mol. The third-order valence-corrected chi connectivity index (χ3v) is 4.45. The molecule has 1 atom stereocenters. The number of amides is 2. The number of urea groups is 1. The van der Waals surface area contributed by atoms with Crippen molar-refractivity contribution in [2.45, 2.75) is 31.0 Å². The maximum absolute atomic E-state index is 12.4. The van der Waals surface area contributed by atoms with Gasteiger partial charge in [0.1, 0.15) is 0 Å². The van der Waals surface area contributed by atoms with Crippen molar-refractivity contribution in [3.05, 3.63) is 11.7 Å². The molecule has 1 fully saturated rings. The van der Waals surface area contributed by atoms with E-state index in [0.717, 1.165) is 12.8 Å². The van der Waals surface area contributed by atoms with Crippen LogP contribution in [0.25, 0.3) is 0 Å². The molecule has 8 nitrogen and oxygen atoms in total.